The van der Waals surface area contributed by atoms with Crippen molar-refractivity contribution in [2.45, 2.75) is 45.1 Å². The van der Waals surface area contributed by atoms with Crippen LogP contribution in [0.15, 0.2) is 6.20 Å². The molecule has 0 aromatic carbocycles. The molecule has 1 aromatic heterocycles. The van der Waals surface area contributed by atoms with Crippen molar-refractivity contribution in [3.05, 3.63) is 17.5 Å². The maximum atomic E-state index is 5.78. The molecule has 3 heterocycles. The van der Waals surface area contributed by atoms with E-state index in [1.807, 2.05) is 4.68 Å². The molecule has 100 valence electrons. The summed E-state index contributed by atoms with van der Waals surface area (Å²) < 4.78 is 13.3. The molecule has 5 heteroatoms. The van der Waals surface area contributed by atoms with Crippen LogP contribution in [-0.4, -0.2) is 29.5 Å². The zero-order valence-corrected chi connectivity index (χ0v) is 10.9. The smallest absolute Gasteiger partial charge is 0.150 e. The molecule has 3 rings (SSSR count). The Morgan fingerprint density at radius 1 is 1.39 bits per heavy atom. The van der Waals surface area contributed by atoms with Crippen LogP contribution in [0.25, 0.3) is 0 Å². The van der Waals surface area contributed by atoms with Gasteiger partial charge >= 0.3 is 0 Å². The average Bonchev–Trinajstić information content (AvgIpc) is 2.81. The quantitative estimate of drug-likeness (QED) is 0.826. The maximum absolute atomic E-state index is 5.78. The summed E-state index contributed by atoms with van der Waals surface area (Å²) in [5, 5.41) is 8.09. The Morgan fingerprint density at radius 2 is 2.33 bits per heavy atom. The number of ether oxygens (including phenoxy) is 2. The molecule has 0 radical (unpaired) electrons. The SMILES string of the molecule is CC1NCCOCc2nn(C3CCCCO3)cc21. The molecule has 0 bridgehead atoms. The van der Waals surface area contributed by atoms with Crippen LogP contribution >= 0.6 is 0 Å². The summed E-state index contributed by atoms with van der Waals surface area (Å²) in [6.07, 6.45) is 5.68. The van der Waals surface area contributed by atoms with Crippen molar-refractivity contribution in [2.24, 2.45) is 0 Å². The van der Waals surface area contributed by atoms with Crippen molar-refractivity contribution in [2.75, 3.05) is 19.8 Å². The van der Waals surface area contributed by atoms with Crippen molar-refractivity contribution < 1.29 is 9.47 Å². The van der Waals surface area contributed by atoms with Crippen molar-refractivity contribution >= 4 is 0 Å². The van der Waals surface area contributed by atoms with Crippen LogP contribution in [0.1, 0.15) is 49.7 Å². The molecule has 5 nitrogen and oxygen atoms in total. The van der Waals surface area contributed by atoms with Crippen LogP contribution < -0.4 is 5.32 Å². The van der Waals surface area contributed by atoms with Gasteiger partial charge in [0.15, 0.2) is 0 Å². The van der Waals surface area contributed by atoms with Gasteiger partial charge in [-0.1, -0.05) is 0 Å². The first-order valence-corrected chi connectivity index (χ1v) is 6.85. The minimum absolute atomic E-state index is 0.110. The van der Waals surface area contributed by atoms with E-state index in [-0.39, 0.29) is 6.23 Å². The van der Waals surface area contributed by atoms with E-state index in [4.69, 9.17) is 9.47 Å². The minimum atomic E-state index is 0.110. The molecule has 18 heavy (non-hydrogen) atoms. The van der Waals surface area contributed by atoms with E-state index in [0.29, 0.717) is 12.6 Å². The topological polar surface area (TPSA) is 48.3 Å². The highest BCUT2D eigenvalue weighted by atomic mass is 16.5. The number of hydrogen-bond acceptors (Lipinski definition) is 4. The summed E-state index contributed by atoms with van der Waals surface area (Å²) in [4.78, 5) is 0. The highest BCUT2D eigenvalue weighted by molar-refractivity contribution is 5.21. The first-order chi connectivity index (χ1) is 8.84. The van der Waals surface area contributed by atoms with Gasteiger partial charge in [0, 0.05) is 31.0 Å². The number of rotatable bonds is 1. The third-order valence-corrected chi connectivity index (χ3v) is 3.69. The molecule has 2 aliphatic heterocycles. The van der Waals surface area contributed by atoms with Gasteiger partial charge in [-0.05, 0) is 26.2 Å². The van der Waals surface area contributed by atoms with Gasteiger partial charge in [0.2, 0.25) is 0 Å². The van der Waals surface area contributed by atoms with Crippen LogP contribution in [0.2, 0.25) is 0 Å². The molecule has 0 spiro atoms. The first-order valence-electron chi connectivity index (χ1n) is 6.85. The molecular formula is C13H21N3O2. The van der Waals surface area contributed by atoms with Gasteiger partial charge in [-0.25, -0.2) is 4.68 Å². The van der Waals surface area contributed by atoms with Crippen molar-refractivity contribution in [1.29, 1.82) is 0 Å². The van der Waals surface area contributed by atoms with Gasteiger partial charge in [0.1, 0.15) is 6.23 Å². The second-order valence-corrected chi connectivity index (χ2v) is 5.06. The fourth-order valence-electron chi connectivity index (χ4n) is 2.62. The van der Waals surface area contributed by atoms with Crippen LogP contribution in [-0.2, 0) is 16.1 Å². The molecule has 1 aromatic rings. The number of hydrogen-bond donors (Lipinski definition) is 1. The second kappa shape index (κ2) is 5.38. The zero-order chi connectivity index (χ0) is 12.4. The van der Waals surface area contributed by atoms with E-state index in [0.717, 1.165) is 31.9 Å². The summed E-state index contributed by atoms with van der Waals surface area (Å²) in [6.45, 7) is 5.28. The third-order valence-electron chi connectivity index (χ3n) is 3.69. The molecular weight excluding hydrogens is 230 g/mol. The first kappa shape index (κ1) is 12.1. The number of aromatic nitrogens is 2. The maximum Gasteiger partial charge on any atom is 0.150 e. The Balaban J connectivity index is 1.84. The van der Waals surface area contributed by atoms with E-state index in [9.17, 15) is 0 Å². The summed E-state index contributed by atoms with van der Waals surface area (Å²) in [5.41, 5.74) is 2.28. The Morgan fingerprint density at radius 3 is 3.17 bits per heavy atom. The largest absolute Gasteiger partial charge is 0.374 e. The number of nitrogens with one attached hydrogen (secondary N) is 1. The lowest BCUT2D eigenvalue weighted by molar-refractivity contribution is -0.0400. The number of nitrogens with zero attached hydrogens (tertiary/aromatic N) is 2. The van der Waals surface area contributed by atoms with Crippen molar-refractivity contribution in [3.63, 3.8) is 0 Å². The standard InChI is InChI=1S/C13H21N3O2/c1-10-11-8-16(13-4-2-3-6-18-13)15-12(11)9-17-7-5-14-10/h8,10,13-14H,2-7,9H2,1H3. The van der Waals surface area contributed by atoms with E-state index in [1.54, 1.807) is 0 Å². The average molecular weight is 251 g/mol. The van der Waals surface area contributed by atoms with Gasteiger partial charge in [0.25, 0.3) is 0 Å². The molecule has 0 amide bonds. The van der Waals surface area contributed by atoms with Crippen molar-refractivity contribution in [3.8, 4) is 0 Å². The van der Waals surface area contributed by atoms with Crippen LogP contribution in [0.4, 0.5) is 0 Å². The molecule has 1 N–H and O–H groups in total. The Labute approximate surface area is 107 Å². The lowest BCUT2D eigenvalue weighted by Gasteiger charge is -2.22. The van der Waals surface area contributed by atoms with Gasteiger partial charge in [0.05, 0.1) is 18.9 Å². The van der Waals surface area contributed by atoms with Gasteiger partial charge in [-0.2, -0.15) is 5.10 Å². The van der Waals surface area contributed by atoms with Gasteiger partial charge in [-0.3, -0.25) is 0 Å². The van der Waals surface area contributed by atoms with Crippen LogP contribution in [0, 0.1) is 0 Å². The number of fused-ring (bicyclic) bond motifs is 1. The molecule has 1 fully saturated rings. The third kappa shape index (κ3) is 2.43. The Bertz CT molecular complexity index is 399. The summed E-state index contributed by atoms with van der Waals surface area (Å²) in [6, 6.07) is 0.334. The van der Waals surface area contributed by atoms with E-state index in [2.05, 4.69) is 23.5 Å². The van der Waals surface area contributed by atoms with E-state index < -0.39 is 0 Å². The lowest BCUT2D eigenvalue weighted by Crippen LogP contribution is -2.26. The molecule has 0 aliphatic carbocycles. The highest BCUT2D eigenvalue weighted by Crippen LogP contribution is 2.26. The second-order valence-electron chi connectivity index (χ2n) is 5.06. The fraction of sp³-hybridized carbons (Fsp3) is 0.769. The minimum Gasteiger partial charge on any atom is -0.374 e. The molecule has 2 unspecified atom stereocenters. The summed E-state index contributed by atoms with van der Waals surface area (Å²) in [5.74, 6) is 0. The normalized spacial score (nSPS) is 29.4. The summed E-state index contributed by atoms with van der Waals surface area (Å²) >= 11 is 0. The van der Waals surface area contributed by atoms with Crippen LogP contribution in [0.5, 0.6) is 0 Å². The summed E-state index contributed by atoms with van der Waals surface area (Å²) in [7, 11) is 0. The monoisotopic (exact) mass is 251 g/mol. The molecule has 2 atom stereocenters. The Kier molecular flexibility index (Phi) is 3.63. The van der Waals surface area contributed by atoms with E-state index >= 15 is 0 Å². The van der Waals surface area contributed by atoms with Crippen LogP contribution in [0.3, 0.4) is 0 Å². The lowest BCUT2D eigenvalue weighted by atomic mass is 10.1. The molecule has 2 aliphatic rings. The fourth-order valence-corrected chi connectivity index (χ4v) is 2.62. The Hall–Kier alpha value is -0.910. The van der Waals surface area contributed by atoms with Gasteiger partial charge < -0.3 is 14.8 Å². The molecule has 0 saturated carbocycles. The van der Waals surface area contributed by atoms with Crippen molar-refractivity contribution in [1.82, 2.24) is 15.1 Å². The predicted molar refractivity (Wildman–Crippen MR) is 67.1 cm³/mol. The predicted octanol–water partition coefficient (Wildman–Crippen LogP) is 1.76. The van der Waals surface area contributed by atoms with Gasteiger partial charge in [-0.15, -0.1) is 0 Å². The highest BCUT2D eigenvalue weighted by Gasteiger charge is 2.22. The molecule has 1 saturated heterocycles. The zero-order valence-electron chi connectivity index (χ0n) is 10.9. The van der Waals surface area contributed by atoms with E-state index in [1.165, 1.54) is 18.4 Å².